The van der Waals surface area contributed by atoms with Crippen LogP contribution >= 0.6 is 11.3 Å². The van der Waals surface area contributed by atoms with Crippen molar-refractivity contribution in [3.63, 3.8) is 0 Å². The highest BCUT2D eigenvalue weighted by Crippen LogP contribution is 2.43. The van der Waals surface area contributed by atoms with E-state index in [1.165, 1.54) is 24.5 Å². The van der Waals surface area contributed by atoms with E-state index in [1.54, 1.807) is 23.7 Å². The summed E-state index contributed by atoms with van der Waals surface area (Å²) in [5.74, 6) is -0.669. The van der Waals surface area contributed by atoms with Gasteiger partial charge in [0.15, 0.2) is 5.13 Å². The minimum Gasteiger partial charge on any atom is -0.497 e. The van der Waals surface area contributed by atoms with Crippen LogP contribution in [0.15, 0.2) is 60.1 Å². The van der Waals surface area contributed by atoms with E-state index in [0.717, 1.165) is 5.56 Å². The number of rotatable bonds is 6. The molecule has 0 fully saturated rings. The number of halogens is 1. The SMILES string of the molecule is COc1ccc(C(c2ccccc2)C(C)(C)C(=O)Nc2nccs2)c(F)c1. The lowest BCUT2D eigenvalue weighted by atomic mass is 9.70. The van der Waals surface area contributed by atoms with Crippen LogP contribution in [0.1, 0.15) is 30.9 Å². The van der Waals surface area contributed by atoms with Gasteiger partial charge in [-0.05, 0) is 17.2 Å². The number of hydrogen-bond donors (Lipinski definition) is 1. The summed E-state index contributed by atoms with van der Waals surface area (Å²) < 4.78 is 20.0. The van der Waals surface area contributed by atoms with Crippen LogP contribution in [0, 0.1) is 11.2 Å². The number of carbonyl (C=O) groups excluding carboxylic acids is 1. The van der Waals surface area contributed by atoms with Gasteiger partial charge in [0, 0.05) is 23.6 Å². The first kappa shape index (κ1) is 19.0. The summed E-state index contributed by atoms with van der Waals surface area (Å²) in [7, 11) is 1.49. The van der Waals surface area contributed by atoms with E-state index >= 15 is 0 Å². The zero-order valence-corrected chi connectivity index (χ0v) is 16.2. The summed E-state index contributed by atoms with van der Waals surface area (Å²) in [6.07, 6.45) is 1.63. The van der Waals surface area contributed by atoms with Crippen molar-refractivity contribution < 1.29 is 13.9 Å². The maximum Gasteiger partial charge on any atom is 0.232 e. The number of nitrogens with one attached hydrogen (secondary N) is 1. The molecule has 3 aromatic rings. The number of ether oxygens (including phenoxy) is 1. The van der Waals surface area contributed by atoms with Crippen molar-refractivity contribution >= 4 is 22.4 Å². The summed E-state index contributed by atoms with van der Waals surface area (Å²) in [6, 6.07) is 14.2. The molecule has 1 unspecified atom stereocenters. The third-order valence-electron chi connectivity index (χ3n) is 4.61. The van der Waals surface area contributed by atoms with Gasteiger partial charge < -0.3 is 10.1 Å². The molecule has 1 amide bonds. The number of benzene rings is 2. The molecule has 0 bridgehead atoms. The molecule has 140 valence electrons. The third kappa shape index (κ3) is 4.01. The lowest BCUT2D eigenvalue weighted by Gasteiger charge is -2.34. The molecule has 0 spiro atoms. The zero-order chi connectivity index (χ0) is 19.4. The van der Waals surface area contributed by atoms with Crippen molar-refractivity contribution in [3.8, 4) is 5.75 Å². The molecule has 1 N–H and O–H groups in total. The average Bonchev–Trinajstić information content (AvgIpc) is 3.17. The van der Waals surface area contributed by atoms with Crippen molar-refractivity contribution in [2.24, 2.45) is 5.41 Å². The number of thiazole rings is 1. The van der Waals surface area contributed by atoms with E-state index in [1.807, 2.05) is 44.2 Å². The number of aromatic nitrogens is 1. The first-order chi connectivity index (χ1) is 12.9. The minimum atomic E-state index is -0.928. The first-order valence-corrected chi connectivity index (χ1v) is 9.40. The molecule has 6 heteroatoms. The monoisotopic (exact) mass is 384 g/mol. The highest BCUT2D eigenvalue weighted by molar-refractivity contribution is 7.13. The smallest absolute Gasteiger partial charge is 0.232 e. The molecule has 1 heterocycles. The Morgan fingerprint density at radius 3 is 2.56 bits per heavy atom. The van der Waals surface area contributed by atoms with Crippen LogP contribution in [-0.2, 0) is 4.79 Å². The summed E-state index contributed by atoms with van der Waals surface area (Å²) in [6.45, 7) is 3.63. The van der Waals surface area contributed by atoms with E-state index in [4.69, 9.17) is 4.74 Å². The van der Waals surface area contributed by atoms with Gasteiger partial charge in [0.25, 0.3) is 0 Å². The summed E-state index contributed by atoms with van der Waals surface area (Å²) >= 11 is 1.35. The number of methoxy groups -OCH3 is 1. The fourth-order valence-electron chi connectivity index (χ4n) is 3.17. The summed E-state index contributed by atoms with van der Waals surface area (Å²) in [5.41, 5.74) is 0.379. The molecule has 1 aromatic heterocycles. The van der Waals surface area contributed by atoms with E-state index in [-0.39, 0.29) is 5.91 Å². The van der Waals surface area contributed by atoms with E-state index in [0.29, 0.717) is 16.4 Å². The predicted molar refractivity (Wildman–Crippen MR) is 106 cm³/mol. The van der Waals surface area contributed by atoms with Crippen LogP contribution in [0.5, 0.6) is 5.75 Å². The fourth-order valence-corrected chi connectivity index (χ4v) is 3.70. The van der Waals surface area contributed by atoms with Crippen molar-refractivity contribution in [3.05, 3.63) is 77.1 Å². The normalized spacial score (nSPS) is 12.4. The van der Waals surface area contributed by atoms with Crippen LogP contribution in [0.2, 0.25) is 0 Å². The number of hydrogen-bond acceptors (Lipinski definition) is 4. The van der Waals surface area contributed by atoms with E-state index in [2.05, 4.69) is 10.3 Å². The number of anilines is 1. The van der Waals surface area contributed by atoms with Gasteiger partial charge in [0.1, 0.15) is 11.6 Å². The Kier molecular flexibility index (Phi) is 5.56. The van der Waals surface area contributed by atoms with Gasteiger partial charge in [-0.2, -0.15) is 0 Å². The predicted octanol–water partition coefficient (Wildman–Crippen LogP) is 5.09. The Morgan fingerprint density at radius 2 is 1.96 bits per heavy atom. The molecular weight excluding hydrogens is 363 g/mol. The zero-order valence-electron chi connectivity index (χ0n) is 15.4. The standard InChI is InChI=1S/C21H21FN2O2S/c1-21(2,19(25)24-20-23-11-12-27-20)18(14-7-5-4-6-8-14)16-10-9-15(26-3)13-17(16)22/h4-13,18H,1-3H3,(H,23,24,25). The number of amides is 1. The van der Waals surface area contributed by atoms with Crippen LogP contribution in [0.25, 0.3) is 0 Å². The summed E-state index contributed by atoms with van der Waals surface area (Å²) in [5, 5.41) is 5.16. The molecular formula is C21H21FN2O2S. The minimum absolute atomic E-state index is 0.221. The van der Waals surface area contributed by atoms with Gasteiger partial charge in [0.2, 0.25) is 5.91 Å². The van der Waals surface area contributed by atoms with Crippen molar-refractivity contribution in [1.82, 2.24) is 4.98 Å². The van der Waals surface area contributed by atoms with Gasteiger partial charge in [-0.15, -0.1) is 11.3 Å². The molecule has 0 aliphatic carbocycles. The average molecular weight is 384 g/mol. The molecule has 4 nitrogen and oxygen atoms in total. The van der Waals surface area contributed by atoms with Gasteiger partial charge in [-0.3, -0.25) is 4.79 Å². The topological polar surface area (TPSA) is 51.2 Å². The first-order valence-electron chi connectivity index (χ1n) is 8.53. The molecule has 0 aliphatic rings. The lowest BCUT2D eigenvalue weighted by molar-refractivity contribution is -0.124. The quantitative estimate of drug-likeness (QED) is 0.644. The molecule has 2 aromatic carbocycles. The van der Waals surface area contributed by atoms with Crippen LogP contribution in [0.4, 0.5) is 9.52 Å². The highest BCUT2D eigenvalue weighted by Gasteiger charge is 2.40. The van der Waals surface area contributed by atoms with Gasteiger partial charge in [-0.1, -0.05) is 50.2 Å². The molecule has 0 radical (unpaired) electrons. The number of carbonyl (C=O) groups is 1. The Morgan fingerprint density at radius 1 is 1.22 bits per heavy atom. The maximum absolute atomic E-state index is 14.9. The Hall–Kier alpha value is -2.73. The second-order valence-corrected chi connectivity index (χ2v) is 7.64. The van der Waals surface area contributed by atoms with Crippen LogP contribution in [0.3, 0.4) is 0 Å². The molecule has 3 rings (SSSR count). The second-order valence-electron chi connectivity index (χ2n) is 6.74. The Bertz CT molecular complexity index is 911. The van der Waals surface area contributed by atoms with E-state index in [9.17, 15) is 9.18 Å². The second kappa shape index (κ2) is 7.88. The highest BCUT2D eigenvalue weighted by atomic mass is 32.1. The Labute approximate surface area is 162 Å². The summed E-state index contributed by atoms with van der Waals surface area (Å²) in [4.78, 5) is 17.2. The molecule has 0 saturated carbocycles. The van der Waals surface area contributed by atoms with Gasteiger partial charge in [-0.25, -0.2) is 9.37 Å². The van der Waals surface area contributed by atoms with Crippen molar-refractivity contribution in [2.45, 2.75) is 19.8 Å². The third-order valence-corrected chi connectivity index (χ3v) is 5.30. The van der Waals surface area contributed by atoms with Crippen molar-refractivity contribution in [1.29, 1.82) is 0 Å². The maximum atomic E-state index is 14.9. The molecule has 0 aliphatic heterocycles. The molecule has 0 saturated heterocycles. The van der Waals surface area contributed by atoms with Crippen LogP contribution in [-0.4, -0.2) is 18.0 Å². The van der Waals surface area contributed by atoms with Crippen LogP contribution < -0.4 is 10.1 Å². The Balaban J connectivity index is 2.05. The van der Waals surface area contributed by atoms with Gasteiger partial charge >= 0.3 is 0 Å². The van der Waals surface area contributed by atoms with E-state index < -0.39 is 17.2 Å². The number of nitrogens with zero attached hydrogens (tertiary/aromatic N) is 1. The molecule has 1 atom stereocenters. The van der Waals surface area contributed by atoms with Crippen molar-refractivity contribution in [2.75, 3.05) is 12.4 Å². The lowest BCUT2D eigenvalue weighted by Crippen LogP contribution is -2.37. The largest absolute Gasteiger partial charge is 0.497 e. The fraction of sp³-hybridized carbons (Fsp3) is 0.238. The molecule has 27 heavy (non-hydrogen) atoms. The van der Waals surface area contributed by atoms with Gasteiger partial charge in [0.05, 0.1) is 12.5 Å².